The molecule has 1 aromatic rings. The Balaban J connectivity index is 2.54. The van der Waals surface area contributed by atoms with Gasteiger partial charge < -0.3 is 10.6 Å². The molecule has 0 bridgehead atoms. The van der Waals surface area contributed by atoms with Gasteiger partial charge in [-0.2, -0.15) is 12.6 Å². The smallest absolute Gasteiger partial charge is 0.243 e. The Morgan fingerprint density at radius 2 is 2.06 bits per heavy atom. The third-order valence-corrected chi connectivity index (χ3v) is 3.43. The first-order valence-electron chi connectivity index (χ1n) is 5.43. The van der Waals surface area contributed by atoms with Crippen molar-refractivity contribution in [3.05, 3.63) is 34.3 Å². The van der Waals surface area contributed by atoms with Gasteiger partial charge in [-0.05, 0) is 11.6 Å². The highest BCUT2D eigenvalue weighted by atomic mass is 79.9. The fourth-order valence-electron chi connectivity index (χ4n) is 1.39. The number of thiol groups is 1. The van der Waals surface area contributed by atoms with Crippen molar-refractivity contribution in [2.75, 3.05) is 5.75 Å². The van der Waals surface area contributed by atoms with E-state index in [1.54, 1.807) is 0 Å². The van der Waals surface area contributed by atoms with E-state index in [2.05, 4.69) is 39.2 Å². The summed E-state index contributed by atoms with van der Waals surface area (Å²) in [7, 11) is 0. The summed E-state index contributed by atoms with van der Waals surface area (Å²) in [4.78, 5) is 22.7. The second kappa shape index (κ2) is 7.43. The summed E-state index contributed by atoms with van der Waals surface area (Å²) in [5.41, 5.74) is 0.978. The van der Waals surface area contributed by atoms with Crippen LogP contribution in [-0.4, -0.2) is 23.6 Å². The fraction of sp³-hybridized carbons (Fsp3) is 0.333. The maximum atomic E-state index is 11.8. The van der Waals surface area contributed by atoms with Gasteiger partial charge in [0, 0.05) is 23.7 Å². The molecule has 2 N–H and O–H groups in total. The number of nitrogens with one attached hydrogen (secondary N) is 2. The third kappa shape index (κ3) is 4.70. The first-order valence-corrected chi connectivity index (χ1v) is 6.86. The van der Waals surface area contributed by atoms with Crippen molar-refractivity contribution in [3.8, 4) is 0 Å². The Bertz CT molecular complexity index is 440. The average molecular weight is 331 g/mol. The molecule has 1 aromatic carbocycles. The molecule has 0 saturated heterocycles. The van der Waals surface area contributed by atoms with Crippen LogP contribution in [0.5, 0.6) is 0 Å². The number of amides is 2. The molecule has 18 heavy (non-hydrogen) atoms. The molecule has 1 unspecified atom stereocenters. The number of rotatable bonds is 5. The molecule has 98 valence electrons. The lowest BCUT2D eigenvalue weighted by atomic mass is 10.2. The number of hydrogen-bond donors (Lipinski definition) is 3. The molecule has 0 radical (unpaired) electrons. The first kappa shape index (κ1) is 15.0. The zero-order chi connectivity index (χ0) is 13.5. The normalized spacial score (nSPS) is 11.7. The summed E-state index contributed by atoms with van der Waals surface area (Å²) >= 11 is 7.45. The summed E-state index contributed by atoms with van der Waals surface area (Å²) in [6.45, 7) is 1.78. The van der Waals surface area contributed by atoms with Gasteiger partial charge in [-0.1, -0.05) is 34.1 Å². The average Bonchev–Trinajstić information content (AvgIpc) is 2.34. The second-order valence-corrected chi connectivity index (χ2v) is 4.96. The van der Waals surface area contributed by atoms with Crippen LogP contribution in [-0.2, 0) is 16.1 Å². The number of halogens is 1. The van der Waals surface area contributed by atoms with Crippen LogP contribution in [0.25, 0.3) is 0 Å². The molecular formula is C12H15BrN2O2S. The quantitative estimate of drug-likeness (QED) is 0.716. The van der Waals surface area contributed by atoms with Gasteiger partial charge in [0.2, 0.25) is 11.8 Å². The van der Waals surface area contributed by atoms with Gasteiger partial charge >= 0.3 is 0 Å². The van der Waals surface area contributed by atoms with Crippen molar-refractivity contribution in [2.24, 2.45) is 0 Å². The van der Waals surface area contributed by atoms with Crippen LogP contribution in [0.1, 0.15) is 12.5 Å². The molecular weight excluding hydrogens is 316 g/mol. The van der Waals surface area contributed by atoms with Crippen LogP contribution < -0.4 is 10.6 Å². The molecule has 0 aliphatic heterocycles. The van der Waals surface area contributed by atoms with Crippen molar-refractivity contribution in [1.29, 1.82) is 0 Å². The SMILES string of the molecule is CC(=O)NC(CS)C(=O)NCc1ccccc1Br. The highest BCUT2D eigenvalue weighted by molar-refractivity contribution is 9.10. The van der Waals surface area contributed by atoms with Gasteiger partial charge in [0.1, 0.15) is 6.04 Å². The van der Waals surface area contributed by atoms with Crippen LogP contribution >= 0.6 is 28.6 Å². The molecule has 0 saturated carbocycles. The topological polar surface area (TPSA) is 58.2 Å². The minimum Gasteiger partial charge on any atom is -0.350 e. The molecule has 0 spiro atoms. The van der Waals surface area contributed by atoms with Crippen molar-refractivity contribution >= 4 is 40.4 Å². The summed E-state index contributed by atoms with van der Waals surface area (Å²) in [6.07, 6.45) is 0. The zero-order valence-electron chi connectivity index (χ0n) is 9.94. The van der Waals surface area contributed by atoms with E-state index < -0.39 is 6.04 Å². The number of benzene rings is 1. The van der Waals surface area contributed by atoms with Crippen molar-refractivity contribution in [2.45, 2.75) is 19.5 Å². The van der Waals surface area contributed by atoms with Gasteiger partial charge in [-0.3, -0.25) is 9.59 Å². The molecule has 0 aliphatic rings. The number of carbonyl (C=O) groups excluding carboxylic acids is 2. The first-order chi connectivity index (χ1) is 8.54. The van der Waals surface area contributed by atoms with Crippen LogP contribution in [0.4, 0.5) is 0 Å². The van der Waals surface area contributed by atoms with E-state index in [9.17, 15) is 9.59 Å². The lowest BCUT2D eigenvalue weighted by Crippen LogP contribution is -2.47. The lowest BCUT2D eigenvalue weighted by molar-refractivity contribution is -0.127. The monoisotopic (exact) mass is 330 g/mol. The van der Waals surface area contributed by atoms with Crippen LogP contribution in [0.15, 0.2) is 28.7 Å². The molecule has 1 rings (SSSR count). The highest BCUT2D eigenvalue weighted by Gasteiger charge is 2.17. The summed E-state index contributed by atoms with van der Waals surface area (Å²) in [6, 6.07) is 7.02. The molecule has 0 aliphatic carbocycles. The van der Waals surface area contributed by atoms with Gasteiger partial charge in [0.15, 0.2) is 0 Å². The minimum atomic E-state index is -0.603. The van der Waals surface area contributed by atoms with Crippen molar-refractivity contribution in [1.82, 2.24) is 10.6 Å². The third-order valence-electron chi connectivity index (χ3n) is 2.29. The molecule has 0 heterocycles. The van der Waals surface area contributed by atoms with E-state index >= 15 is 0 Å². The molecule has 0 fully saturated rings. The minimum absolute atomic E-state index is 0.240. The standard InChI is InChI=1S/C12H15BrN2O2S/c1-8(16)15-11(7-18)12(17)14-6-9-4-2-3-5-10(9)13/h2-5,11,18H,6-7H2,1H3,(H,14,17)(H,15,16). The van der Waals surface area contributed by atoms with E-state index in [-0.39, 0.29) is 17.6 Å². The fourth-order valence-corrected chi connectivity index (χ4v) is 2.07. The van der Waals surface area contributed by atoms with Crippen LogP contribution in [0.3, 0.4) is 0 Å². The molecule has 0 aromatic heterocycles. The van der Waals surface area contributed by atoms with E-state index in [0.717, 1.165) is 10.0 Å². The Morgan fingerprint density at radius 3 is 2.61 bits per heavy atom. The Kier molecular flexibility index (Phi) is 6.21. The van der Waals surface area contributed by atoms with E-state index in [0.29, 0.717) is 6.54 Å². The van der Waals surface area contributed by atoms with E-state index in [1.807, 2.05) is 24.3 Å². The molecule has 1 atom stereocenters. The summed E-state index contributed by atoms with van der Waals surface area (Å²) in [5.74, 6) is -0.220. The van der Waals surface area contributed by atoms with Crippen molar-refractivity contribution < 1.29 is 9.59 Å². The van der Waals surface area contributed by atoms with Gasteiger partial charge in [0.05, 0.1) is 0 Å². The maximum Gasteiger partial charge on any atom is 0.243 e. The summed E-state index contributed by atoms with van der Waals surface area (Å²) < 4.78 is 0.937. The van der Waals surface area contributed by atoms with Crippen LogP contribution in [0.2, 0.25) is 0 Å². The largest absolute Gasteiger partial charge is 0.350 e. The van der Waals surface area contributed by atoms with Gasteiger partial charge in [-0.25, -0.2) is 0 Å². The Morgan fingerprint density at radius 1 is 1.39 bits per heavy atom. The maximum absolute atomic E-state index is 11.8. The predicted molar refractivity (Wildman–Crippen MR) is 77.4 cm³/mol. The zero-order valence-corrected chi connectivity index (χ0v) is 12.4. The molecule has 2 amide bonds. The van der Waals surface area contributed by atoms with Crippen molar-refractivity contribution in [3.63, 3.8) is 0 Å². The lowest BCUT2D eigenvalue weighted by Gasteiger charge is -2.15. The van der Waals surface area contributed by atoms with E-state index in [1.165, 1.54) is 6.92 Å². The van der Waals surface area contributed by atoms with Crippen LogP contribution in [0, 0.1) is 0 Å². The predicted octanol–water partition coefficient (Wildman–Crippen LogP) is 1.50. The number of hydrogen-bond acceptors (Lipinski definition) is 3. The van der Waals surface area contributed by atoms with E-state index in [4.69, 9.17) is 0 Å². The van der Waals surface area contributed by atoms with Gasteiger partial charge in [0.25, 0.3) is 0 Å². The van der Waals surface area contributed by atoms with Gasteiger partial charge in [-0.15, -0.1) is 0 Å². The number of carbonyl (C=O) groups is 2. The molecule has 6 heteroatoms. The highest BCUT2D eigenvalue weighted by Crippen LogP contribution is 2.15. The Labute approximate surface area is 120 Å². The Hall–Kier alpha value is -1.01. The molecule has 4 nitrogen and oxygen atoms in total. The second-order valence-electron chi connectivity index (χ2n) is 3.74. The summed E-state index contributed by atoms with van der Waals surface area (Å²) in [5, 5.41) is 5.30.